The fourth-order valence-corrected chi connectivity index (χ4v) is 6.16. The van der Waals surface area contributed by atoms with Gasteiger partial charge in [-0.1, -0.05) is 17.0 Å². The number of nitrogens with zero attached hydrogens (tertiary/aromatic N) is 3. The Bertz CT molecular complexity index is 1880. The lowest BCUT2D eigenvalue weighted by molar-refractivity contribution is 0.472. The number of ether oxygens (including phenoxy) is 1. The fraction of sp³-hybridized carbons (Fsp3) is 0.240. The van der Waals surface area contributed by atoms with E-state index in [-0.39, 0.29) is 46.4 Å². The first-order chi connectivity index (χ1) is 18.5. The van der Waals surface area contributed by atoms with Crippen molar-refractivity contribution >= 4 is 50.3 Å². The van der Waals surface area contributed by atoms with Crippen LogP contribution in [0.4, 0.5) is 10.1 Å². The fourth-order valence-electron chi connectivity index (χ4n) is 4.78. The van der Waals surface area contributed by atoms with E-state index in [1.54, 1.807) is 18.2 Å². The normalized spacial score (nSPS) is 17.0. The van der Waals surface area contributed by atoms with E-state index in [2.05, 4.69) is 9.44 Å². The number of pyridine rings is 1. The molecule has 6 rings (SSSR count). The lowest BCUT2D eigenvalue weighted by Crippen LogP contribution is -2.42. The van der Waals surface area contributed by atoms with E-state index >= 15 is 4.39 Å². The summed E-state index contributed by atoms with van der Waals surface area (Å²) in [6.07, 6.45) is 1.24. The Morgan fingerprint density at radius 2 is 1.85 bits per heavy atom. The lowest BCUT2D eigenvalue weighted by atomic mass is 10.1. The Labute approximate surface area is 235 Å². The number of fused-ring (bicyclic) bond motifs is 2. The van der Waals surface area contributed by atoms with Crippen molar-refractivity contribution in [3.05, 3.63) is 88.1 Å². The third-order valence-electron chi connectivity index (χ3n) is 6.86. The molecule has 204 valence electrons. The van der Waals surface area contributed by atoms with Gasteiger partial charge in [-0.15, -0.1) is 0 Å². The smallest absolute Gasteiger partial charge is 0.337 e. The maximum Gasteiger partial charge on any atom is 0.337 e. The van der Waals surface area contributed by atoms with Crippen LogP contribution in [0.5, 0.6) is 11.5 Å². The van der Waals surface area contributed by atoms with Crippen LogP contribution in [0.15, 0.2) is 50.8 Å². The van der Waals surface area contributed by atoms with Crippen molar-refractivity contribution in [3.8, 4) is 17.2 Å². The Morgan fingerprint density at radius 3 is 2.54 bits per heavy atom. The molecule has 1 aliphatic heterocycles. The Morgan fingerprint density at radius 1 is 1.10 bits per heavy atom. The molecule has 1 saturated carbocycles. The summed E-state index contributed by atoms with van der Waals surface area (Å²) in [5, 5.41) is -0.0457. The molecule has 0 bridgehead atoms. The number of benzene rings is 2. The highest BCUT2D eigenvalue weighted by Gasteiger charge is 2.32. The van der Waals surface area contributed by atoms with E-state index in [4.69, 9.17) is 4.74 Å². The highest BCUT2D eigenvalue weighted by Crippen LogP contribution is 2.42. The third kappa shape index (κ3) is 4.35. The van der Waals surface area contributed by atoms with Gasteiger partial charge in [0, 0.05) is 29.3 Å². The number of rotatable bonds is 4. The third-order valence-corrected chi connectivity index (χ3v) is 8.58. The number of hydrogen-bond acceptors (Lipinski definition) is 8. The maximum absolute atomic E-state index is 15.3. The van der Waals surface area contributed by atoms with Crippen molar-refractivity contribution in [1.29, 1.82) is 0 Å². The van der Waals surface area contributed by atoms with Crippen LogP contribution in [-0.4, -0.2) is 22.8 Å². The molecule has 2 aromatic carbocycles. The molecule has 0 saturated heterocycles. The van der Waals surface area contributed by atoms with E-state index in [1.807, 2.05) is 22.6 Å². The van der Waals surface area contributed by atoms with E-state index in [1.165, 1.54) is 32.2 Å². The van der Waals surface area contributed by atoms with Gasteiger partial charge in [-0.3, -0.25) is 32.6 Å². The van der Waals surface area contributed by atoms with E-state index < -0.39 is 33.6 Å². The lowest BCUT2D eigenvalue weighted by Gasteiger charge is -2.38. The van der Waals surface area contributed by atoms with Gasteiger partial charge < -0.3 is 4.74 Å². The molecule has 1 fully saturated rings. The van der Waals surface area contributed by atoms with Crippen LogP contribution in [0.1, 0.15) is 30.0 Å². The SMILES string of the molecule is Cc1c(Oc2ccc3c(c2)NS(O)(O)NC3)c2c(=O)n(C3CC3)c(=O)n(-c3ccc(I)cc3F)c2n(C)c1=O. The van der Waals surface area contributed by atoms with Crippen molar-refractivity contribution in [3.63, 3.8) is 0 Å². The summed E-state index contributed by atoms with van der Waals surface area (Å²) in [6.45, 7) is 1.72. The van der Waals surface area contributed by atoms with Crippen LogP contribution in [0, 0.1) is 16.3 Å². The standard InChI is InChI=1S/C25H23FIN5O6S/c1-12-21(38-16-7-3-13-11-28-39(36,37)29-18(13)10-16)20-22(30(2)23(12)33)32(19-8-4-14(27)9-17(19)26)25(35)31(24(20)34)15-5-6-15/h3-4,7-10,15,28-29,36-37H,5-6,11H2,1-2H3. The molecule has 11 nitrogen and oxygen atoms in total. The maximum atomic E-state index is 15.3. The minimum absolute atomic E-state index is 0.0457. The summed E-state index contributed by atoms with van der Waals surface area (Å²) in [4.78, 5) is 40.9. The van der Waals surface area contributed by atoms with Crippen molar-refractivity contribution in [2.75, 3.05) is 4.72 Å². The highest BCUT2D eigenvalue weighted by molar-refractivity contribution is 14.1. The first-order valence-corrected chi connectivity index (χ1v) is 14.6. The minimum atomic E-state index is -3.24. The van der Waals surface area contributed by atoms with Crippen LogP contribution in [-0.2, 0) is 13.6 Å². The molecule has 39 heavy (non-hydrogen) atoms. The second kappa shape index (κ2) is 9.19. The van der Waals surface area contributed by atoms with E-state index in [9.17, 15) is 23.5 Å². The average Bonchev–Trinajstić information content (AvgIpc) is 3.70. The molecule has 1 aliphatic carbocycles. The number of aromatic nitrogens is 3. The molecule has 14 heteroatoms. The number of nitrogens with one attached hydrogen (secondary N) is 2. The molecule has 4 N–H and O–H groups in total. The first kappa shape index (κ1) is 26.1. The largest absolute Gasteiger partial charge is 0.456 e. The molecule has 0 atom stereocenters. The predicted octanol–water partition coefficient (Wildman–Crippen LogP) is 4.13. The van der Waals surface area contributed by atoms with Crippen LogP contribution in [0.2, 0.25) is 0 Å². The Balaban J connectivity index is 1.66. The molecule has 3 heterocycles. The predicted molar refractivity (Wildman–Crippen MR) is 155 cm³/mol. The Kier molecular flexibility index (Phi) is 6.14. The molecule has 2 aromatic heterocycles. The van der Waals surface area contributed by atoms with Gasteiger partial charge in [-0.2, -0.15) is 4.72 Å². The highest BCUT2D eigenvalue weighted by atomic mass is 127. The minimum Gasteiger partial charge on any atom is -0.456 e. The quantitative estimate of drug-likeness (QED) is 0.239. The second-order valence-corrected chi connectivity index (χ2v) is 12.4. The average molecular weight is 667 g/mol. The molecular formula is C25H23FIN5O6S. The zero-order valence-electron chi connectivity index (χ0n) is 20.7. The first-order valence-electron chi connectivity index (χ1n) is 11.9. The van der Waals surface area contributed by atoms with Crippen LogP contribution < -0.4 is 31.0 Å². The van der Waals surface area contributed by atoms with E-state index in [0.717, 1.165) is 19.3 Å². The summed E-state index contributed by atoms with van der Waals surface area (Å²) < 4.78 is 50.6. The van der Waals surface area contributed by atoms with Crippen molar-refractivity contribution in [2.45, 2.75) is 32.4 Å². The van der Waals surface area contributed by atoms with Gasteiger partial charge in [0.1, 0.15) is 22.6 Å². The molecule has 2 aliphatic rings. The Hall–Kier alpha value is -3.18. The van der Waals surface area contributed by atoms with Gasteiger partial charge in [0.05, 0.1) is 16.9 Å². The summed E-state index contributed by atoms with van der Waals surface area (Å²) >= 11 is 1.96. The van der Waals surface area contributed by atoms with Crippen molar-refractivity contribution in [1.82, 2.24) is 18.4 Å². The number of aryl methyl sites for hydroxylation is 1. The van der Waals surface area contributed by atoms with Crippen LogP contribution in [0.3, 0.4) is 0 Å². The van der Waals surface area contributed by atoms with Crippen molar-refractivity contribution in [2.24, 2.45) is 7.05 Å². The van der Waals surface area contributed by atoms with Crippen LogP contribution in [0.25, 0.3) is 16.7 Å². The number of halogens is 2. The number of anilines is 1. The van der Waals surface area contributed by atoms with Gasteiger partial charge in [0.15, 0.2) is 5.75 Å². The summed E-state index contributed by atoms with van der Waals surface area (Å²) in [5.41, 5.74) is -0.826. The van der Waals surface area contributed by atoms with Gasteiger partial charge in [0.2, 0.25) is 0 Å². The summed E-state index contributed by atoms with van der Waals surface area (Å²) in [6, 6.07) is 8.85. The zero-order chi connectivity index (χ0) is 27.8. The molecular weight excluding hydrogens is 644 g/mol. The van der Waals surface area contributed by atoms with E-state index in [0.29, 0.717) is 22.1 Å². The molecule has 0 amide bonds. The summed E-state index contributed by atoms with van der Waals surface area (Å²) in [5.74, 6) is -0.533. The van der Waals surface area contributed by atoms with Gasteiger partial charge >= 0.3 is 5.69 Å². The van der Waals surface area contributed by atoms with Gasteiger partial charge in [-0.25, -0.2) is 13.8 Å². The monoisotopic (exact) mass is 667 g/mol. The van der Waals surface area contributed by atoms with Crippen LogP contribution >= 0.6 is 33.6 Å². The second-order valence-electron chi connectivity index (χ2n) is 9.53. The summed E-state index contributed by atoms with van der Waals surface area (Å²) in [7, 11) is -1.82. The zero-order valence-corrected chi connectivity index (χ0v) is 23.7. The molecule has 0 unspecified atom stereocenters. The van der Waals surface area contributed by atoms with Gasteiger partial charge in [0.25, 0.3) is 11.1 Å². The van der Waals surface area contributed by atoms with Crippen molar-refractivity contribution < 1.29 is 18.2 Å². The topological polar surface area (TPSA) is 140 Å². The molecule has 0 radical (unpaired) electrons. The van der Waals surface area contributed by atoms with Gasteiger partial charge in [-0.05, 0) is 72.2 Å². The molecule has 4 aromatic rings. The molecule has 0 spiro atoms. The number of hydrogen-bond donors (Lipinski definition) is 4.